The van der Waals surface area contributed by atoms with Crippen molar-refractivity contribution in [3.63, 3.8) is 0 Å². The number of amides is 2. The van der Waals surface area contributed by atoms with Gasteiger partial charge in [0.05, 0.1) is 40.8 Å². The van der Waals surface area contributed by atoms with E-state index < -0.39 is 29.6 Å². The van der Waals surface area contributed by atoms with Gasteiger partial charge < -0.3 is 45.2 Å². The fraction of sp³-hybridized carbons (Fsp3) is 0.510. The number of nitrogens with two attached hydrogens (primary N) is 1. The zero-order valence-electron chi connectivity index (χ0n) is 40.6. The minimum atomic E-state index is -0.877. The number of unbranched alkanes of at least 4 members (excludes halogenated alkanes) is 1. The van der Waals surface area contributed by atoms with Gasteiger partial charge in [-0.05, 0) is 114 Å². The number of benzene rings is 1. The molecule has 1 aromatic carbocycles. The maximum atomic E-state index is 14.2. The first-order chi connectivity index (χ1) is 34.2. The maximum absolute atomic E-state index is 14.2. The minimum absolute atomic E-state index is 0.0205. The van der Waals surface area contributed by atoms with E-state index in [1.165, 1.54) is 32.3 Å². The number of rotatable bonds is 16. The van der Waals surface area contributed by atoms with E-state index in [-0.39, 0.29) is 42.5 Å². The lowest BCUT2D eigenvalue weighted by Crippen LogP contribution is -2.49. The molecule has 7 heterocycles. The van der Waals surface area contributed by atoms with E-state index in [9.17, 15) is 25.1 Å². The van der Waals surface area contributed by atoms with Crippen LogP contribution >= 0.6 is 22.7 Å². The first-order valence-corrected chi connectivity index (χ1v) is 25.9. The molecule has 0 bridgehead atoms. The third-order valence-corrected chi connectivity index (χ3v) is 16.1. The third-order valence-electron chi connectivity index (χ3n) is 13.8. The molecule has 9 rings (SSSR count). The number of hydrogen-bond acceptors (Lipinski definition) is 19. The molecular formula is C49H60N14O6S2. The van der Waals surface area contributed by atoms with Crippen LogP contribution in [0.15, 0.2) is 53.4 Å². The summed E-state index contributed by atoms with van der Waals surface area (Å²) >= 11 is 2.90. The highest BCUT2D eigenvalue weighted by Crippen LogP contribution is 2.48. The van der Waals surface area contributed by atoms with Gasteiger partial charge in [-0.3, -0.25) is 9.59 Å². The molecule has 6 aromatic rings. The second-order valence-corrected chi connectivity index (χ2v) is 21.5. The smallest absolute Gasteiger partial charge is 0.253 e. The molecule has 0 radical (unpaired) electrons. The second kappa shape index (κ2) is 21.0. The number of β-amino-alcohol motifs (C(OH)–C–C–N with tert-alkyl or cyclic N) is 1. The summed E-state index contributed by atoms with van der Waals surface area (Å²) < 4.78 is 13.4. The highest BCUT2D eigenvalue weighted by Gasteiger charge is 2.45. The average molecular weight is 1010 g/mol. The molecule has 5 aromatic heterocycles. The predicted octanol–water partition coefficient (Wildman–Crippen LogP) is 5.90. The number of aromatic hydroxyl groups is 1. The molecule has 1 aliphatic carbocycles. The normalized spacial score (nSPS) is 21.4. The van der Waals surface area contributed by atoms with Crippen molar-refractivity contribution in [2.75, 3.05) is 50.0 Å². The van der Waals surface area contributed by atoms with Crippen LogP contribution in [0.25, 0.3) is 22.0 Å². The van der Waals surface area contributed by atoms with Crippen molar-refractivity contribution in [2.45, 2.75) is 115 Å². The lowest BCUT2D eigenvalue weighted by atomic mass is 9.72. The number of nitrogens with one attached hydrogen (secondary N) is 1. The number of fused-ring (bicyclic) bond motifs is 1. The summed E-state index contributed by atoms with van der Waals surface area (Å²) in [6.45, 7) is 13.8. The Morgan fingerprint density at radius 2 is 1.90 bits per heavy atom. The summed E-state index contributed by atoms with van der Waals surface area (Å²) in [5, 5.41) is 47.4. The van der Waals surface area contributed by atoms with E-state index in [1.54, 1.807) is 48.9 Å². The highest BCUT2D eigenvalue weighted by molar-refractivity contribution is 7.16. The molecule has 2 fully saturated rings. The monoisotopic (exact) mass is 1000 g/mol. The summed E-state index contributed by atoms with van der Waals surface area (Å²) in [6, 6.07) is 8.96. The fourth-order valence-electron chi connectivity index (χ4n) is 10.1. The molecule has 0 unspecified atom stereocenters. The van der Waals surface area contributed by atoms with Crippen molar-refractivity contribution in [2.24, 2.45) is 5.92 Å². The largest absolute Gasteiger partial charge is 0.508 e. The third kappa shape index (κ3) is 10.4. The van der Waals surface area contributed by atoms with Crippen LogP contribution in [-0.2, 0) is 21.4 Å². The number of aryl methyl sites for hydroxylation is 1. The SMILES string of the molecule is CC(C)[C@@H](C(=O)N1C[C@H](O)C[C@H]1C(=O)N[C@@H](C)c1ncc(-c2ccc(O)cc2)s1)n1cc(OCCCCN2CCCN(c3nccc(-c4noc([C@@]5(C)CCCc6sc(N)c(C#N)c65)n4)n3)[C@@H](C)C2)nn1. The van der Waals surface area contributed by atoms with Crippen molar-refractivity contribution in [1.82, 2.24) is 55.2 Å². The van der Waals surface area contributed by atoms with Crippen molar-refractivity contribution >= 4 is 45.4 Å². The van der Waals surface area contributed by atoms with Crippen LogP contribution in [0.2, 0.25) is 0 Å². The minimum Gasteiger partial charge on any atom is -0.508 e. The van der Waals surface area contributed by atoms with Crippen molar-refractivity contribution < 1.29 is 29.1 Å². The first-order valence-electron chi connectivity index (χ1n) is 24.3. The molecule has 6 atom stereocenters. The number of nitriles is 1. The Morgan fingerprint density at radius 3 is 2.69 bits per heavy atom. The number of aliphatic hydroxyl groups is 1. The summed E-state index contributed by atoms with van der Waals surface area (Å²) in [7, 11) is 0. The van der Waals surface area contributed by atoms with E-state index in [4.69, 9.17) is 25.0 Å². The Balaban J connectivity index is 0.750. The first kappa shape index (κ1) is 49.4. The Kier molecular flexibility index (Phi) is 14.7. The number of phenols is 1. The van der Waals surface area contributed by atoms with Crippen LogP contribution in [0.4, 0.5) is 10.9 Å². The summed E-state index contributed by atoms with van der Waals surface area (Å²) in [5.74, 6) is 0.997. The van der Waals surface area contributed by atoms with Gasteiger partial charge >= 0.3 is 0 Å². The van der Waals surface area contributed by atoms with Gasteiger partial charge in [-0.1, -0.05) is 29.3 Å². The summed E-state index contributed by atoms with van der Waals surface area (Å²) in [5.41, 5.74) is 8.50. The van der Waals surface area contributed by atoms with Gasteiger partial charge in [-0.15, -0.1) is 22.7 Å². The number of nitrogen functional groups attached to an aromatic ring is 1. The number of thiophene rings is 1. The van der Waals surface area contributed by atoms with E-state index in [2.05, 4.69) is 53.5 Å². The lowest BCUT2D eigenvalue weighted by molar-refractivity contribution is -0.142. The van der Waals surface area contributed by atoms with Gasteiger partial charge in [0, 0.05) is 54.9 Å². The second-order valence-electron chi connectivity index (χ2n) is 19.3. The maximum Gasteiger partial charge on any atom is 0.253 e. The highest BCUT2D eigenvalue weighted by atomic mass is 32.1. The number of aromatic nitrogens is 8. The molecule has 0 saturated carbocycles. The summed E-state index contributed by atoms with van der Waals surface area (Å²) in [4.78, 5) is 55.0. The lowest BCUT2D eigenvalue weighted by Gasteiger charge is -2.30. The Hall–Kier alpha value is -6.54. The molecule has 20 nitrogen and oxygen atoms in total. The fourth-order valence-corrected chi connectivity index (χ4v) is 12.2. The predicted molar refractivity (Wildman–Crippen MR) is 267 cm³/mol. The van der Waals surface area contributed by atoms with Gasteiger partial charge in [-0.25, -0.2) is 19.6 Å². The molecule has 3 aliphatic rings. The molecular weight excluding hydrogens is 945 g/mol. The molecule has 5 N–H and O–H groups in total. The number of phenolic OH excluding ortho intramolecular Hbond substituents is 1. The number of hydrogen-bond donors (Lipinski definition) is 4. The van der Waals surface area contributed by atoms with E-state index >= 15 is 0 Å². The zero-order valence-corrected chi connectivity index (χ0v) is 42.2. The number of carbonyl (C=O) groups excluding carboxylic acids is 2. The summed E-state index contributed by atoms with van der Waals surface area (Å²) in [6.07, 6.45) is 9.52. The molecule has 2 aliphatic heterocycles. The van der Waals surface area contributed by atoms with Crippen molar-refractivity contribution in [1.29, 1.82) is 5.26 Å². The van der Waals surface area contributed by atoms with Crippen LogP contribution < -0.4 is 20.7 Å². The van der Waals surface area contributed by atoms with Crippen LogP contribution in [0.3, 0.4) is 0 Å². The molecule has 2 amide bonds. The Labute approximate surface area is 419 Å². The van der Waals surface area contributed by atoms with Gasteiger partial charge in [-0.2, -0.15) is 10.2 Å². The van der Waals surface area contributed by atoms with Gasteiger partial charge in [0.2, 0.25) is 29.5 Å². The quantitative estimate of drug-likeness (QED) is 0.0822. The number of thiazole rings is 1. The Morgan fingerprint density at radius 1 is 1.08 bits per heavy atom. The number of aliphatic hydroxyl groups excluding tert-OH is 1. The number of nitrogens with zero attached hydrogens (tertiary/aromatic N) is 12. The zero-order chi connectivity index (χ0) is 50.0. The standard InChI is InChI=1S/C49H60N14O6S2/c1-28(2)41(46(67)62-26-33(65)22-36(62)44(66)54-30(4)45-53-24-38(71-45)31-11-13-32(64)14-12-31)63-27-39(57-59-63)68-21-7-6-18-60-19-9-20-61(29(3)25-60)48-52-17-15-35(55-48)43-56-47(69-58-43)49(5)16-8-10-37-40(49)34(23-50)42(51)70-37/h11-15,17,24,27-30,33,36,41,64-65H,6-10,16,18-22,25-26,51H2,1-5H3,(H,54,66)/t29-,30-,33+,36-,41-,49-/m0/s1. The van der Waals surface area contributed by atoms with Crippen molar-refractivity contribution in [3.05, 3.63) is 75.8 Å². The molecule has 2 saturated heterocycles. The van der Waals surface area contributed by atoms with E-state index in [1.807, 2.05) is 27.7 Å². The van der Waals surface area contributed by atoms with Gasteiger partial charge in [0.15, 0.2) is 0 Å². The number of ether oxygens (including phenoxy) is 1. The number of carbonyl (C=O) groups is 2. The van der Waals surface area contributed by atoms with Gasteiger partial charge in [0.25, 0.3) is 5.88 Å². The van der Waals surface area contributed by atoms with Crippen LogP contribution in [0, 0.1) is 17.2 Å². The van der Waals surface area contributed by atoms with Crippen LogP contribution in [0.5, 0.6) is 11.6 Å². The Bertz CT molecular complexity index is 2870. The molecule has 374 valence electrons. The molecule has 22 heteroatoms. The van der Waals surface area contributed by atoms with Crippen LogP contribution in [-0.4, -0.2) is 129 Å². The molecule has 71 heavy (non-hydrogen) atoms. The van der Waals surface area contributed by atoms with E-state index in [0.717, 1.165) is 85.6 Å². The molecule has 0 spiro atoms. The number of anilines is 2. The van der Waals surface area contributed by atoms with Crippen LogP contribution in [0.1, 0.15) is 112 Å². The number of likely N-dealkylation sites (tertiary alicyclic amines) is 1. The van der Waals surface area contributed by atoms with Gasteiger partial charge in [0.1, 0.15) is 39.6 Å². The van der Waals surface area contributed by atoms with Crippen molar-refractivity contribution in [3.8, 4) is 39.7 Å². The average Bonchev–Trinajstić information content (AvgIpc) is 4.21. The topological polar surface area (TPSA) is 264 Å². The van der Waals surface area contributed by atoms with E-state index in [0.29, 0.717) is 51.4 Å².